The molecule has 0 bridgehead atoms. The number of amides is 1. The first-order chi connectivity index (χ1) is 10.6. The van der Waals surface area contributed by atoms with Crippen LogP contribution in [0.15, 0.2) is 48.5 Å². The Morgan fingerprint density at radius 2 is 1.77 bits per heavy atom. The van der Waals surface area contributed by atoms with Gasteiger partial charge in [0, 0.05) is 5.02 Å². The summed E-state index contributed by atoms with van der Waals surface area (Å²) in [5.41, 5.74) is 0.320. The molecule has 2 rings (SSSR count). The average Bonchev–Trinajstić information content (AvgIpc) is 2.49. The number of hydrogen-bond acceptors (Lipinski definition) is 3. The molecule has 0 aromatic heterocycles. The molecule has 2 aromatic carbocycles. The van der Waals surface area contributed by atoms with Crippen molar-refractivity contribution in [2.45, 2.75) is 6.42 Å². The molecule has 0 radical (unpaired) electrons. The van der Waals surface area contributed by atoms with Crippen molar-refractivity contribution in [3.8, 4) is 5.75 Å². The van der Waals surface area contributed by atoms with Crippen LogP contribution in [0.5, 0.6) is 5.75 Å². The van der Waals surface area contributed by atoms with E-state index < -0.39 is 5.97 Å². The van der Waals surface area contributed by atoms with Gasteiger partial charge < -0.3 is 15.2 Å². The predicted molar refractivity (Wildman–Crippen MR) is 83.6 cm³/mol. The molecule has 0 spiro atoms. The number of rotatable bonds is 6. The van der Waals surface area contributed by atoms with Crippen LogP contribution in [0.25, 0.3) is 0 Å². The third-order valence-corrected chi connectivity index (χ3v) is 3.10. The molecule has 0 saturated heterocycles. The first-order valence-corrected chi connectivity index (χ1v) is 6.94. The normalized spacial score (nSPS) is 10.0. The smallest absolute Gasteiger partial charge is 0.337 e. The Labute approximate surface area is 132 Å². The van der Waals surface area contributed by atoms with Crippen LogP contribution in [-0.2, 0) is 4.79 Å². The topological polar surface area (TPSA) is 75.6 Å². The average molecular weight is 320 g/mol. The highest BCUT2D eigenvalue weighted by Crippen LogP contribution is 2.17. The van der Waals surface area contributed by atoms with Crippen LogP contribution in [0.2, 0.25) is 5.02 Å². The van der Waals surface area contributed by atoms with Crippen molar-refractivity contribution < 1.29 is 19.4 Å². The molecule has 114 valence electrons. The summed E-state index contributed by atoms with van der Waals surface area (Å²) in [5.74, 6) is -0.792. The Kier molecular flexibility index (Phi) is 5.38. The van der Waals surface area contributed by atoms with E-state index >= 15 is 0 Å². The Morgan fingerprint density at radius 1 is 1.09 bits per heavy atom. The van der Waals surface area contributed by atoms with Crippen LogP contribution < -0.4 is 10.1 Å². The van der Waals surface area contributed by atoms with Crippen molar-refractivity contribution in [1.29, 1.82) is 0 Å². The van der Waals surface area contributed by atoms with Crippen molar-refractivity contribution in [2.24, 2.45) is 0 Å². The maximum Gasteiger partial charge on any atom is 0.337 e. The highest BCUT2D eigenvalue weighted by atomic mass is 35.5. The number of halogens is 1. The lowest BCUT2D eigenvalue weighted by Gasteiger charge is -2.09. The van der Waals surface area contributed by atoms with Gasteiger partial charge in [0.1, 0.15) is 5.75 Å². The number of ether oxygens (including phenoxy) is 1. The molecule has 22 heavy (non-hydrogen) atoms. The molecule has 5 nitrogen and oxygen atoms in total. The third kappa shape index (κ3) is 4.49. The summed E-state index contributed by atoms with van der Waals surface area (Å²) in [4.78, 5) is 22.9. The van der Waals surface area contributed by atoms with Gasteiger partial charge in [-0.05, 0) is 36.4 Å². The lowest BCUT2D eigenvalue weighted by molar-refractivity contribution is -0.116. The molecule has 0 aliphatic rings. The number of carbonyl (C=O) groups is 2. The fourth-order valence-corrected chi connectivity index (χ4v) is 1.91. The van der Waals surface area contributed by atoms with Gasteiger partial charge in [-0.3, -0.25) is 4.79 Å². The lowest BCUT2D eigenvalue weighted by atomic mass is 10.2. The molecule has 1 amide bonds. The molecule has 6 heteroatoms. The van der Waals surface area contributed by atoms with Gasteiger partial charge in [-0.25, -0.2) is 4.79 Å². The zero-order valence-corrected chi connectivity index (χ0v) is 12.3. The number of anilines is 1. The summed E-state index contributed by atoms with van der Waals surface area (Å²) in [6.45, 7) is 0.183. The monoisotopic (exact) mass is 319 g/mol. The van der Waals surface area contributed by atoms with Crippen LogP contribution in [0.1, 0.15) is 16.8 Å². The predicted octanol–water partition coefficient (Wildman–Crippen LogP) is 3.45. The number of nitrogens with one attached hydrogen (secondary N) is 1. The van der Waals surface area contributed by atoms with E-state index in [1.807, 2.05) is 0 Å². The zero-order chi connectivity index (χ0) is 15.9. The van der Waals surface area contributed by atoms with E-state index in [4.69, 9.17) is 21.4 Å². The van der Waals surface area contributed by atoms with Crippen LogP contribution >= 0.6 is 11.6 Å². The first kappa shape index (κ1) is 15.9. The van der Waals surface area contributed by atoms with E-state index in [0.717, 1.165) is 0 Å². The Bertz CT molecular complexity index is 670. The first-order valence-electron chi connectivity index (χ1n) is 6.57. The summed E-state index contributed by atoms with van der Waals surface area (Å²) in [6.07, 6.45) is 0.108. The van der Waals surface area contributed by atoms with E-state index in [1.165, 1.54) is 6.07 Å². The Hall–Kier alpha value is -2.53. The fraction of sp³-hybridized carbons (Fsp3) is 0.125. The van der Waals surface area contributed by atoms with Gasteiger partial charge in [0.2, 0.25) is 5.91 Å². The molecule has 0 unspecified atom stereocenters. The molecule has 2 N–H and O–H groups in total. The number of hydrogen-bond donors (Lipinski definition) is 2. The summed E-state index contributed by atoms with van der Waals surface area (Å²) in [5, 5.41) is 12.2. The molecule has 0 fully saturated rings. The molecule has 2 aromatic rings. The molecular formula is C16H14ClNO4. The second-order valence-electron chi connectivity index (χ2n) is 4.45. The highest BCUT2D eigenvalue weighted by Gasteiger charge is 2.11. The standard InChI is InChI=1S/C16H14ClNO4/c17-11-5-7-12(8-6-11)22-10-9-15(19)18-14-4-2-1-3-13(14)16(20)21/h1-8H,9-10H2,(H,18,19)(H,20,21). The lowest BCUT2D eigenvalue weighted by Crippen LogP contribution is -2.17. The van der Waals surface area contributed by atoms with Gasteiger partial charge in [0.25, 0.3) is 0 Å². The quantitative estimate of drug-likeness (QED) is 0.855. The number of carboxylic acid groups (broad SMARTS) is 1. The van der Waals surface area contributed by atoms with Crippen LogP contribution in [0, 0.1) is 0 Å². The van der Waals surface area contributed by atoms with Gasteiger partial charge in [0.05, 0.1) is 24.3 Å². The zero-order valence-electron chi connectivity index (χ0n) is 11.6. The maximum absolute atomic E-state index is 11.8. The summed E-state index contributed by atoms with van der Waals surface area (Å²) < 4.78 is 5.41. The van der Waals surface area contributed by atoms with Crippen molar-refractivity contribution in [3.05, 3.63) is 59.1 Å². The number of benzene rings is 2. The molecule has 0 aliphatic heterocycles. The molecule has 0 aliphatic carbocycles. The minimum absolute atomic E-state index is 0.0504. The largest absolute Gasteiger partial charge is 0.493 e. The van der Waals surface area contributed by atoms with Gasteiger partial charge in [0.15, 0.2) is 0 Å². The van der Waals surface area contributed by atoms with Crippen molar-refractivity contribution in [1.82, 2.24) is 0 Å². The second kappa shape index (κ2) is 7.47. The minimum Gasteiger partial charge on any atom is -0.493 e. The Balaban J connectivity index is 1.86. The van der Waals surface area contributed by atoms with Crippen LogP contribution in [0.4, 0.5) is 5.69 Å². The van der Waals surface area contributed by atoms with E-state index in [2.05, 4.69) is 5.32 Å². The van der Waals surface area contributed by atoms with E-state index in [9.17, 15) is 9.59 Å². The fourth-order valence-electron chi connectivity index (χ4n) is 1.78. The minimum atomic E-state index is -1.09. The molecule has 0 atom stereocenters. The number of aromatic carboxylic acids is 1. The summed E-state index contributed by atoms with van der Waals surface area (Å²) in [7, 11) is 0. The molecule has 0 saturated carbocycles. The van der Waals surface area contributed by atoms with Crippen molar-refractivity contribution in [3.63, 3.8) is 0 Å². The van der Waals surface area contributed by atoms with E-state index in [0.29, 0.717) is 10.8 Å². The van der Waals surface area contributed by atoms with Gasteiger partial charge in [-0.15, -0.1) is 0 Å². The van der Waals surface area contributed by atoms with Crippen LogP contribution in [0.3, 0.4) is 0 Å². The number of para-hydroxylation sites is 1. The summed E-state index contributed by atoms with van der Waals surface area (Å²) in [6, 6.07) is 13.0. The summed E-state index contributed by atoms with van der Waals surface area (Å²) >= 11 is 5.76. The van der Waals surface area contributed by atoms with Gasteiger partial charge in [-0.2, -0.15) is 0 Å². The second-order valence-corrected chi connectivity index (χ2v) is 4.89. The SMILES string of the molecule is O=C(CCOc1ccc(Cl)cc1)Nc1ccccc1C(=O)O. The number of carbonyl (C=O) groups excluding carboxylic acids is 1. The maximum atomic E-state index is 11.8. The van der Waals surface area contributed by atoms with E-state index in [-0.39, 0.29) is 30.2 Å². The number of carboxylic acids is 1. The molecule has 0 heterocycles. The van der Waals surface area contributed by atoms with Crippen molar-refractivity contribution in [2.75, 3.05) is 11.9 Å². The molecular weight excluding hydrogens is 306 g/mol. The van der Waals surface area contributed by atoms with Crippen LogP contribution in [-0.4, -0.2) is 23.6 Å². The highest BCUT2D eigenvalue weighted by molar-refractivity contribution is 6.30. The van der Waals surface area contributed by atoms with Gasteiger partial charge in [-0.1, -0.05) is 23.7 Å². The Morgan fingerprint density at radius 3 is 2.45 bits per heavy atom. The van der Waals surface area contributed by atoms with E-state index in [1.54, 1.807) is 42.5 Å². The third-order valence-electron chi connectivity index (χ3n) is 2.84. The van der Waals surface area contributed by atoms with Gasteiger partial charge >= 0.3 is 5.97 Å². The van der Waals surface area contributed by atoms with Crippen molar-refractivity contribution >= 4 is 29.2 Å².